The summed E-state index contributed by atoms with van der Waals surface area (Å²) >= 11 is 5.56. The van der Waals surface area contributed by atoms with Gasteiger partial charge in [-0.05, 0) is 42.3 Å². The van der Waals surface area contributed by atoms with Crippen molar-refractivity contribution in [2.45, 2.75) is 6.92 Å². The maximum Gasteiger partial charge on any atom is 0.228 e. The summed E-state index contributed by atoms with van der Waals surface area (Å²) in [5.41, 5.74) is 0.739. The highest BCUT2D eigenvalue weighted by molar-refractivity contribution is 6.29. The molecule has 82 valence electrons. The van der Waals surface area contributed by atoms with Crippen molar-refractivity contribution in [2.24, 2.45) is 0 Å². The van der Waals surface area contributed by atoms with Crippen molar-refractivity contribution in [3.63, 3.8) is 0 Å². The lowest BCUT2D eigenvalue weighted by Gasteiger charge is -2.00. The summed E-state index contributed by atoms with van der Waals surface area (Å²) in [6.45, 7) is 1.63. The Morgan fingerprint density at radius 3 is 2.62 bits per heavy atom. The molecule has 0 unspecified atom stereocenters. The lowest BCUT2D eigenvalue weighted by molar-refractivity contribution is 0.101. The molecule has 0 saturated heterocycles. The van der Waals surface area contributed by atoms with Crippen molar-refractivity contribution in [3.8, 4) is 0 Å². The zero-order valence-electron chi connectivity index (χ0n) is 8.46. The number of carbonyl (C=O) groups is 1. The maximum atomic E-state index is 13.3. The van der Waals surface area contributed by atoms with Crippen molar-refractivity contribution < 1.29 is 13.6 Å². The zero-order valence-corrected chi connectivity index (χ0v) is 9.22. The second-order valence-electron chi connectivity index (χ2n) is 3.40. The third-order valence-electron chi connectivity index (χ3n) is 2.23. The molecule has 0 spiro atoms. The highest BCUT2D eigenvalue weighted by atomic mass is 35.5. The molecule has 2 aromatic rings. The molecule has 2 nitrogen and oxygen atoms in total. The molecule has 1 aromatic carbocycles. The Morgan fingerprint density at radius 1 is 1.31 bits per heavy atom. The molecular weight excluding hydrogens is 231 g/mol. The Kier molecular flexibility index (Phi) is 2.79. The fourth-order valence-corrected chi connectivity index (χ4v) is 1.46. The van der Waals surface area contributed by atoms with Gasteiger partial charge in [-0.25, -0.2) is 4.39 Å². The van der Waals surface area contributed by atoms with Gasteiger partial charge in [-0.3, -0.25) is 4.79 Å². The lowest BCUT2D eigenvalue weighted by atomic mass is 10.1. The van der Waals surface area contributed by atoms with Gasteiger partial charge in [0.05, 0.1) is 0 Å². The molecule has 1 heterocycles. The smallest absolute Gasteiger partial charge is 0.228 e. The van der Waals surface area contributed by atoms with Gasteiger partial charge < -0.3 is 4.42 Å². The van der Waals surface area contributed by atoms with Crippen LogP contribution in [0.4, 0.5) is 4.39 Å². The summed E-state index contributed by atoms with van der Waals surface area (Å²) in [4.78, 5) is 11.8. The second kappa shape index (κ2) is 4.10. The van der Waals surface area contributed by atoms with E-state index in [1.54, 1.807) is 19.1 Å². The SMILES string of the molecule is Cc1ccc(C(=O)c2ccc(Cl)o2)cc1F. The first-order valence-corrected chi connectivity index (χ1v) is 5.02. The number of hydrogen-bond donors (Lipinski definition) is 0. The van der Waals surface area contributed by atoms with Crippen LogP contribution in [0.15, 0.2) is 34.7 Å². The van der Waals surface area contributed by atoms with Crippen molar-refractivity contribution in [2.75, 3.05) is 0 Å². The minimum absolute atomic E-state index is 0.105. The molecule has 0 aliphatic carbocycles. The first kappa shape index (κ1) is 10.9. The van der Waals surface area contributed by atoms with Crippen molar-refractivity contribution in [1.29, 1.82) is 0 Å². The molecule has 0 saturated carbocycles. The Balaban J connectivity index is 2.38. The molecule has 0 N–H and O–H groups in total. The van der Waals surface area contributed by atoms with Crippen LogP contribution in [0.1, 0.15) is 21.7 Å². The van der Waals surface area contributed by atoms with Crippen molar-refractivity contribution in [1.82, 2.24) is 0 Å². The van der Waals surface area contributed by atoms with Crippen LogP contribution < -0.4 is 0 Å². The predicted octanol–water partition coefficient (Wildman–Crippen LogP) is 3.61. The third-order valence-corrected chi connectivity index (χ3v) is 2.43. The monoisotopic (exact) mass is 238 g/mol. The second-order valence-corrected chi connectivity index (χ2v) is 3.77. The minimum Gasteiger partial charge on any atom is -0.441 e. The van der Waals surface area contributed by atoms with Gasteiger partial charge >= 0.3 is 0 Å². The quantitative estimate of drug-likeness (QED) is 0.748. The minimum atomic E-state index is -0.413. The van der Waals surface area contributed by atoms with Crippen LogP contribution in [-0.4, -0.2) is 5.78 Å². The number of hydrogen-bond acceptors (Lipinski definition) is 2. The van der Waals surface area contributed by atoms with E-state index in [4.69, 9.17) is 16.0 Å². The molecule has 0 fully saturated rings. The van der Waals surface area contributed by atoms with E-state index in [0.29, 0.717) is 5.56 Å². The van der Waals surface area contributed by atoms with Gasteiger partial charge in [-0.1, -0.05) is 12.1 Å². The molecule has 0 bridgehead atoms. The highest BCUT2D eigenvalue weighted by Crippen LogP contribution is 2.18. The Bertz CT molecular complexity index is 546. The molecule has 1 aromatic heterocycles. The van der Waals surface area contributed by atoms with E-state index in [0.717, 1.165) is 0 Å². The van der Waals surface area contributed by atoms with Crippen LogP contribution in [0, 0.1) is 12.7 Å². The average Bonchev–Trinajstić information content (AvgIpc) is 2.68. The van der Waals surface area contributed by atoms with Gasteiger partial charge in [0.1, 0.15) is 5.82 Å². The predicted molar refractivity (Wildman–Crippen MR) is 58.3 cm³/mol. The molecular formula is C12H8ClFO2. The molecule has 16 heavy (non-hydrogen) atoms. The summed E-state index contributed by atoms with van der Waals surface area (Å²) in [7, 11) is 0. The fourth-order valence-electron chi connectivity index (χ4n) is 1.31. The number of benzene rings is 1. The van der Waals surface area contributed by atoms with Crippen LogP contribution >= 0.6 is 11.6 Å². The Labute approximate surface area is 96.6 Å². The van der Waals surface area contributed by atoms with E-state index in [-0.39, 0.29) is 22.3 Å². The average molecular weight is 239 g/mol. The molecule has 2 rings (SSSR count). The molecule has 0 amide bonds. The normalized spacial score (nSPS) is 10.4. The first-order chi connectivity index (χ1) is 7.58. The third kappa shape index (κ3) is 1.99. The number of halogens is 2. The van der Waals surface area contributed by atoms with Crippen molar-refractivity contribution in [3.05, 3.63) is 58.3 Å². The molecule has 0 radical (unpaired) electrons. The van der Waals surface area contributed by atoms with Crippen LogP contribution in [-0.2, 0) is 0 Å². The number of aryl methyl sites for hydroxylation is 1. The standard InChI is InChI=1S/C12H8ClFO2/c1-7-2-3-8(6-9(7)14)12(15)10-4-5-11(13)16-10/h2-6H,1H3. The van der Waals surface area contributed by atoms with Gasteiger partial charge in [-0.15, -0.1) is 0 Å². The highest BCUT2D eigenvalue weighted by Gasteiger charge is 2.14. The summed E-state index contributed by atoms with van der Waals surface area (Å²) in [6, 6.07) is 7.22. The summed E-state index contributed by atoms with van der Waals surface area (Å²) in [6.07, 6.45) is 0. The maximum absolute atomic E-state index is 13.3. The van der Waals surface area contributed by atoms with Crippen LogP contribution in [0.25, 0.3) is 0 Å². The van der Waals surface area contributed by atoms with E-state index in [1.165, 1.54) is 18.2 Å². The Morgan fingerprint density at radius 2 is 2.06 bits per heavy atom. The van der Waals surface area contributed by atoms with Gasteiger partial charge in [0.25, 0.3) is 0 Å². The van der Waals surface area contributed by atoms with E-state index in [1.807, 2.05) is 0 Å². The van der Waals surface area contributed by atoms with Crippen LogP contribution in [0.2, 0.25) is 5.22 Å². The van der Waals surface area contributed by atoms with Crippen LogP contribution in [0.5, 0.6) is 0 Å². The molecule has 0 aliphatic heterocycles. The van der Waals surface area contributed by atoms with E-state index in [2.05, 4.69) is 0 Å². The topological polar surface area (TPSA) is 30.2 Å². The first-order valence-electron chi connectivity index (χ1n) is 4.64. The van der Waals surface area contributed by atoms with Gasteiger partial charge in [0.2, 0.25) is 5.78 Å². The van der Waals surface area contributed by atoms with Crippen LogP contribution in [0.3, 0.4) is 0 Å². The zero-order chi connectivity index (χ0) is 11.7. The van der Waals surface area contributed by atoms with E-state index >= 15 is 0 Å². The number of furan rings is 1. The van der Waals surface area contributed by atoms with Crippen molar-refractivity contribution >= 4 is 17.4 Å². The number of carbonyl (C=O) groups excluding carboxylic acids is 1. The molecule has 0 atom stereocenters. The summed E-state index contributed by atoms with van der Waals surface area (Å²) in [5, 5.41) is 0.135. The molecule has 0 aliphatic rings. The number of rotatable bonds is 2. The fraction of sp³-hybridized carbons (Fsp3) is 0.0833. The lowest BCUT2D eigenvalue weighted by Crippen LogP contribution is -2.00. The van der Waals surface area contributed by atoms with Gasteiger partial charge in [0.15, 0.2) is 11.0 Å². The van der Waals surface area contributed by atoms with E-state index in [9.17, 15) is 9.18 Å². The van der Waals surface area contributed by atoms with Gasteiger partial charge in [-0.2, -0.15) is 0 Å². The number of ketones is 1. The summed E-state index contributed by atoms with van der Waals surface area (Å²) < 4.78 is 18.2. The molecule has 4 heteroatoms. The van der Waals surface area contributed by atoms with Gasteiger partial charge in [0, 0.05) is 5.56 Å². The summed E-state index contributed by atoms with van der Waals surface area (Å²) in [5.74, 6) is -0.692. The largest absolute Gasteiger partial charge is 0.441 e. The Hall–Kier alpha value is -1.61. The van der Waals surface area contributed by atoms with E-state index < -0.39 is 5.82 Å².